The van der Waals surface area contributed by atoms with Gasteiger partial charge in [-0.25, -0.2) is 4.79 Å². The number of benzene rings is 2. The molecular formula is C21H23N3O4. The van der Waals surface area contributed by atoms with Gasteiger partial charge in [0.05, 0.1) is 30.0 Å². The van der Waals surface area contributed by atoms with Gasteiger partial charge in [0.1, 0.15) is 6.04 Å². The number of aryl methyl sites for hydroxylation is 2. The van der Waals surface area contributed by atoms with Crippen LogP contribution >= 0.6 is 0 Å². The summed E-state index contributed by atoms with van der Waals surface area (Å²) < 4.78 is 4.93. The van der Waals surface area contributed by atoms with Crippen LogP contribution in [-0.2, 0) is 14.3 Å². The number of carbonyl (C=O) groups is 3. The van der Waals surface area contributed by atoms with Gasteiger partial charge in [-0.15, -0.1) is 0 Å². The summed E-state index contributed by atoms with van der Waals surface area (Å²) in [5.41, 5.74) is 4.67. The standard InChI is InChI=1S/C21H23N3O4/c1-4-28-21(27)14-5-7-15(8-6-14)22-19(25)11-18-20(26)24-17-10-13(3)12(2)9-16(17)23-18/h5-10,18,23H,4,11H2,1-3H3,(H,22,25)(H,24,26). The second kappa shape index (κ2) is 8.12. The van der Waals surface area contributed by atoms with E-state index in [2.05, 4.69) is 16.0 Å². The quantitative estimate of drug-likeness (QED) is 0.691. The van der Waals surface area contributed by atoms with Crippen molar-refractivity contribution in [3.63, 3.8) is 0 Å². The molecule has 1 aliphatic rings. The van der Waals surface area contributed by atoms with Gasteiger partial charge in [-0.1, -0.05) is 0 Å². The highest BCUT2D eigenvalue weighted by Gasteiger charge is 2.28. The Labute approximate surface area is 163 Å². The van der Waals surface area contributed by atoms with Gasteiger partial charge in [0.15, 0.2) is 0 Å². The lowest BCUT2D eigenvalue weighted by molar-refractivity contribution is -0.122. The Hall–Kier alpha value is -3.35. The Kier molecular flexibility index (Phi) is 5.63. The molecule has 0 aliphatic carbocycles. The van der Waals surface area contributed by atoms with Crippen molar-refractivity contribution in [1.82, 2.24) is 0 Å². The molecule has 0 saturated heterocycles. The molecule has 7 nitrogen and oxygen atoms in total. The van der Waals surface area contributed by atoms with Gasteiger partial charge in [0, 0.05) is 5.69 Å². The van der Waals surface area contributed by atoms with Gasteiger partial charge in [0.2, 0.25) is 11.8 Å². The van der Waals surface area contributed by atoms with E-state index in [4.69, 9.17) is 4.74 Å². The van der Waals surface area contributed by atoms with E-state index >= 15 is 0 Å². The number of ether oxygens (including phenoxy) is 1. The molecule has 3 rings (SSSR count). The van der Waals surface area contributed by atoms with Crippen LogP contribution in [0.15, 0.2) is 36.4 Å². The van der Waals surface area contributed by atoms with Crippen molar-refractivity contribution in [2.45, 2.75) is 33.2 Å². The van der Waals surface area contributed by atoms with Crippen molar-refractivity contribution in [3.05, 3.63) is 53.1 Å². The third kappa shape index (κ3) is 4.31. The maximum absolute atomic E-state index is 12.4. The van der Waals surface area contributed by atoms with E-state index in [1.54, 1.807) is 31.2 Å². The van der Waals surface area contributed by atoms with Crippen molar-refractivity contribution in [2.75, 3.05) is 22.6 Å². The molecule has 0 saturated carbocycles. The van der Waals surface area contributed by atoms with Crippen LogP contribution in [0, 0.1) is 13.8 Å². The maximum atomic E-state index is 12.4. The second-order valence-electron chi connectivity index (χ2n) is 6.72. The van der Waals surface area contributed by atoms with Crippen molar-refractivity contribution in [1.29, 1.82) is 0 Å². The largest absolute Gasteiger partial charge is 0.462 e. The normalized spacial score (nSPS) is 15.1. The van der Waals surface area contributed by atoms with Crippen molar-refractivity contribution < 1.29 is 19.1 Å². The van der Waals surface area contributed by atoms with E-state index in [9.17, 15) is 14.4 Å². The van der Waals surface area contributed by atoms with Crippen LogP contribution in [0.5, 0.6) is 0 Å². The Morgan fingerprint density at radius 2 is 1.71 bits per heavy atom. The fraction of sp³-hybridized carbons (Fsp3) is 0.286. The summed E-state index contributed by atoms with van der Waals surface area (Å²) in [6, 6.07) is 9.63. The third-order valence-corrected chi connectivity index (χ3v) is 4.61. The van der Waals surface area contributed by atoms with E-state index in [0.717, 1.165) is 22.5 Å². The summed E-state index contributed by atoms with van der Waals surface area (Å²) in [7, 11) is 0. The summed E-state index contributed by atoms with van der Waals surface area (Å²) in [5, 5.41) is 8.72. The first-order valence-electron chi connectivity index (χ1n) is 9.13. The summed E-state index contributed by atoms with van der Waals surface area (Å²) >= 11 is 0. The van der Waals surface area contributed by atoms with Gasteiger partial charge in [-0.2, -0.15) is 0 Å². The molecule has 2 amide bonds. The molecule has 1 unspecified atom stereocenters. The smallest absolute Gasteiger partial charge is 0.338 e. The molecule has 146 valence electrons. The van der Waals surface area contributed by atoms with Crippen LogP contribution in [0.4, 0.5) is 17.1 Å². The van der Waals surface area contributed by atoms with E-state index in [1.807, 2.05) is 26.0 Å². The van der Waals surface area contributed by atoms with Gasteiger partial charge in [-0.05, 0) is 68.3 Å². The van der Waals surface area contributed by atoms with Crippen LogP contribution in [0.3, 0.4) is 0 Å². The Morgan fingerprint density at radius 3 is 2.36 bits per heavy atom. The first-order valence-corrected chi connectivity index (χ1v) is 9.13. The van der Waals surface area contributed by atoms with Crippen molar-refractivity contribution >= 4 is 34.8 Å². The van der Waals surface area contributed by atoms with Gasteiger partial charge in [0.25, 0.3) is 0 Å². The summed E-state index contributed by atoms with van der Waals surface area (Å²) in [6.45, 7) is 6.02. The average Bonchev–Trinajstić information content (AvgIpc) is 2.65. The molecule has 0 fully saturated rings. The number of hydrogen-bond acceptors (Lipinski definition) is 5. The van der Waals surface area contributed by atoms with E-state index < -0.39 is 12.0 Å². The molecule has 0 radical (unpaired) electrons. The van der Waals surface area contributed by atoms with Gasteiger partial charge >= 0.3 is 5.97 Å². The third-order valence-electron chi connectivity index (χ3n) is 4.61. The average molecular weight is 381 g/mol. The zero-order chi connectivity index (χ0) is 20.3. The molecule has 7 heteroatoms. The lowest BCUT2D eigenvalue weighted by atomic mass is 10.0. The first-order chi connectivity index (χ1) is 13.4. The summed E-state index contributed by atoms with van der Waals surface area (Å²) in [5.74, 6) is -0.958. The fourth-order valence-corrected chi connectivity index (χ4v) is 2.96. The van der Waals surface area contributed by atoms with Gasteiger partial charge < -0.3 is 20.7 Å². The molecule has 1 atom stereocenters. The molecule has 0 bridgehead atoms. The Morgan fingerprint density at radius 1 is 1.07 bits per heavy atom. The second-order valence-corrected chi connectivity index (χ2v) is 6.72. The number of amides is 2. The molecule has 3 N–H and O–H groups in total. The van der Waals surface area contributed by atoms with Crippen LogP contribution in [-0.4, -0.2) is 30.4 Å². The zero-order valence-corrected chi connectivity index (χ0v) is 16.1. The fourth-order valence-electron chi connectivity index (χ4n) is 2.96. The van der Waals surface area contributed by atoms with Crippen molar-refractivity contribution in [2.24, 2.45) is 0 Å². The minimum atomic E-state index is -0.659. The Bertz CT molecular complexity index is 922. The molecule has 2 aromatic rings. The number of carbonyl (C=O) groups excluding carboxylic acids is 3. The number of nitrogens with one attached hydrogen (secondary N) is 3. The topological polar surface area (TPSA) is 96.5 Å². The minimum Gasteiger partial charge on any atom is -0.462 e. The van der Waals surface area contributed by atoms with Crippen LogP contribution < -0.4 is 16.0 Å². The highest BCUT2D eigenvalue weighted by molar-refractivity contribution is 6.06. The summed E-state index contributed by atoms with van der Waals surface area (Å²) in [4.78, 5) is 36.3. The van der Waals surface area contributed by atoms with E-state index in [-0.39, 0.29) is 18.2 Å². The van der Waals surface area contributed by atoms with Crippen LogP contribution in [0.1, 0.15) is 34.8 Å². The lowest BCUT2D eigenvalue weighted by Gasteiger charge is -2.27. The van der Waals surface area contributed by atoms with Gasteiger partial charge in [-0.3, -0.25) is 9.59 Å². The number of fused-ring (bicyclic) bond motifs is 1. The number of anilines is 3. The van der Waals surface area contributed by atoms with E-state index in [0.29, 0.717) is 17.9 Å². The highest BCUT2D eigenvalue weighted by atomic mass is 16.5. The number of rotatable bonds is 5. The van der Waals surface area contributed by atoms with E-state index in [1.165, 1.54) is 0 Å². The predicted octanol–water partition coefficient (Wildman–Crippen LogP) is 3.24. The number of esters is 1. The molecule has 2 aromatic carbocycles. The molecular weight excluding hydrogens is 358 g/mol. The van der Waals surface area contributed by atoms with Crippen LogP contribution in [0.2, 0.25) is 0 Å². The molecule has 1 heterocycles. The first kappa shape index (κ1) is 19.4. The monoisotopic (exact) mass is 381 g/mol. The lowest BCUT2D eigenvalue weighted by Crippen LogP contribution is -2.41. The zero-order valence-electron chi connectivity index (χ0n) is 16.1. The predicted molar refractivity (Wildman–Crippen MR) is 108 cm³/mol. The molecule has 0 spiro atoms. The Balaban J connectivity index is 1.62. The maximum Gasteiger partial charge on any atom is 0.338 e. The number of hydrogen-bond donors (Lipinski definition) is 3. The summed E-state index contributed by atoms with van der Waals surface area (Å²) in [6.07, 6.45) is -0.0160. The van der Waals surface area contributed by atoms with Crippen LogP contribution in [0.25, 0.3) is 0 Å². The molecule has 1 aliphatic heterocycles. The molecule has 0 aromatic heterocycles. The SMILES string of the molecule is CCOC(=O)c1ccc(NC(=O)CC2Nc3cc(C)c(C)cc3NC2=O)cc1. The van der Waals surface area contributed by atoms with Crippen molar-refractivity contribution in [3.8, 4) is 0 Å². The highest BCUT2D eigenvalue weighted by Crippen LogP contribution is 2.30. The molecule has 28 heavy (non-hydrogen) atoms. The minimum absolute atomic E-state index is 0.0160.